The topological polar surface area (TPSA) is 57.4 Å². The van der Waals surface area contributed by atoms with Crippen LogP contribution in [0.1, 0.15) is 16.9 Å². The van der Waals surface area contributed by atoms with E-state index in [4.69, 9.17) is 16.3 Å². The summed E-state index contributed by atoms with van der Waals surface area (Å²) in [6.45, 7) is 3.80. The summed E-state index contributed by atoms with van der Waals surface area (Å²) in [5.74, 6) is 0.0263. The second-order valence-corrected chi connectivity index (χ2v) is 6.54. The van der Waals surface area contributed by atoms with Crippen molar-refractivity contribution < 1.29 is 9.53 Å². The van der Waals surface area contributed by atoms with E-state index in [2.05, 4.69) is 10.3 Å². The summed E-state index contributed by atoms with van der Waals surface area (Å²) >= 11 is 6.00. The molecule has 0 bridgehead atoms. The molecule has 22 heavy (non-hydrogen) atoms. The summed E-state index contributed by atoms with van der Waals surface area (Å²) in [7, 11) is 0. The van der Waals surface area contributed by atoms with Crippen LogP contribution in [0.3, 0.4) is 0 Å². The summed E-state index contributed by atoms with van der Waals surface area (Å²) in [4.78, 5) is 17.8. The first-order valence-corrected chi connectivity index (χ1v) is 7.95. The van der Waals surface area contributed by atoms with Crippen LogP contribution in [0.2, 0.25) is 5.02 Å². The predicted octanol–water partition coefficient (Wildman–Crippen LogP) is 2.03. The van der Waals surface area contributed by atoms with Crippen LogP contribution in [0.25, 0.3) is 10.9 Å². The lowest BCUT2D eigenvalue weighted by molar-refractivity contribution is -0.0559. The molecule has 1 atom stereocenters. The third-order valence-electron chi connectivity index (χ3n) is 4.55. The van der Waals surface area contributed by atoms with Crippen molar-refractivity contribution in [3.63, 3.8) is 0 Å². The number of benzene rings is 1. The lowest BCUT2D eigenvalue weighted by atomic mass is 10.0. The van der Waals surface area contributed by atoms with Gasteiger partial charge in [-0.05, 0) is 30.7 Å². The molecule has 2 saturated heterocycles. The maximum atomic E-state index is 12.7. The Morgan fingerprint density at radius 1 is 1.36 bits per heavy atom. The quantitative estimate of drug-likeness (QED) is 0.845. The number of nitrogens with one attached hydrogen (secondary N) is 2. The van der Waals surface area contributed by atoms with E-state index in [-0.39, 0.29) is 11.5 Å². The number of aromatic amines is 1. The zero-order valence-corrected chi connectivity index (χ0v) is 12.9. The zero-order chi connectivity index (χ0) is 15.2. The van der Waals surface area contributed by atoms with Gasteiger partial charge in [0.1, 0.15) is 5.69 Å². The van der Waals surface area contributed by atoms with Crippen molar-refractivity contribution in [2.45, 2.75) is 12.0 Å². The van der Waals surface area contributed by atoms with Crippen molar-refractivity contribution >= 4 is 28.4 Å². The minimum atomic E-state index is -0.205. The van der Waals surface area contributed by atoms with Gasteiger partial charge >= 0.3 is 0 Å². The average molecular weight is 320 g/mol. The highest BCUT2D eigenvalue weighted by Gasteiger charge is 2.42. The number of amides is 1. The van der Waals surface area contributed by atoms with E-state index in [0.29, 0.717) is 23.9 Å². The number of halogens is 1. The van der Waals surface area contributed by atoms with Crippen LogP contribution in [0.5, 0.6) is 0 Å². The second kappa shape index (κ2) is 5.26. The van der Waals surface area contributed by atoms with E-state index >= 15 is 0 Å². The molecule has 1 aromatic carbocycles. The maximum Gasteiger partial charge on any atom is 0.270 e. The predicted molar refractivity (Wildman–Crippen MR) is 85.4 cm³/mol. The standard InChI is InChI=1S/C16H18ClN3O2/c17-12-1-2-13-11(7-12)8-14(19-13)15(21)20-5-3-16(10-20)9-18-4-6-22-16/h1-2,7-8,18-19H,3-6,9-10H2. The molecule has 2 aromatic rings. The van der Waals surface area contributed by atoms with Gasteiger partial charge in [0.05, 0.1) is 18.8 Å². The molecule has 1 aromatic heterocycles. The van der Waals surface area contributed by atoms with Gasteiger partial charge < -0.3 is 19.9 Å². The molecule has 2 fully saturated rings. The number of morpholine rings is 1. The maximum absolute atomic E-state index is 12.7. The number of hydrogen-bond acceptors (Lipinski definition) is 3. The lowest BCUT2D eigenvalue weighted by Gasteiger charge is -2.34. The Morgan fingerprint density at radius 3 is 3.09 bits per heavy atom. The number of hydrogen-bond donors (Lipinski definition) is 2. The normalized spacial score (nSPS) is 25.2. The molecule has 0 radical (unpaired) electrons. The molecule has 3 heterocycles. The van der Waals surface area contributed by atoms with Gasteiger partial charge in [0.2, 0.25) is 0 Å². The number of nitrogens with zero attached hydrogens (tertiary/aromatic N) is 1. The van der Waals surface area contributed by atoms with Crippen molar-refractivity contribution in [3.05, 3.63) is 35.0 Å². The van der Waals surface area contributed by atoms with Gasteiger partial charge in [0, 0.05) is 35.6 Å². The first-order valence-electron chi connectivity index (χ1n) is 7.58. The van der Waals surface area contributed by atoms with Crippen LogP contribution in [0, 0.1) is 0 Å². The van der Waals surface area contributed by atoms with Gasteiger partial charge in [-0.1, -0.05) is 11.6 Å². The van der Waals surface area contributed by atoms with Crippen LogP contribution in [0.15, 0.2) is 24.3 Å². The minimum Gasteiger partial charge on any atom is -0.370 e. The summed E-state index contributed by atoms with van der Waals surface area (Å²) in [5.41, 5.74) is 1.33. The van der Waals surface area contributed by atoms with Crippen molar-refractivity contribution in [2.24, 2.45) is 0 Å². The molecular weight excluding hydrogens is 302 g/mol. The molecule has 2 N–H and O–H groups in total. The number of fused-ring (bicyclic) bond motifs is 1. The molecule has 0 saturated carbocycles. The van der Waals surface area contributed by atoms with Gasteiger partial charge in [-0.15, -0.1) is 0 Å². The van der Waals surface area contributed by atoms with Crippen LogP contribution >= 0.6 is 11.6 Å². The number of carbonyl (C=O) groups is 1. The molecule has 5 nitrogen and oxygen atoms in total. The molecule has 4 rings (SSSR count). The highest BCUT2D eigenvalue weighted by atomic mass is 35.5. The Bertz CT molecular complexity index is 721. The molecule has 116 valence electrons. The molecule has 2 aliphatic heterocycles. The average Bonchev–Trinajstić information content (AvgIpc) is 3.11. The molecule has 1 unspecified atom stereocenters. The van der Waals surface area contributed by atoms with Gasteiger partial charge in [0.15, 0.2) is 0 Å². The second-order valence-electron chi connectivity index (χ2n) is 6.10. The number of H-pyrrole nitrogens is 1. The molecule has 1 spiro atoms. The van der Waals surface area contributed by atoms with Crippen molar-refractivity contribution in [3.8, 4) is 0 Å². The van der Waals surface area contributed by atoms with Crippen molar-refractivity contribution in [1.82, 2.24) is 15.2 Å². The van der Waals surface area contributed by atoms with Crippen LogP contribution in [-0.2, 0) is 4.74 Å². The summed E-state index contributed by atoms with van der Waals surface area (Å²) in [5, 5.41) is 4.99. The highest BCUT2D eigenvalue weighted by molar-refractivity contribution is 6.31. The Balaban J connectivity index is 1.56. The van der Waals surface area contributed by atoms with Crippen LogP contribution < -0.4 is 5.32 Å². The van der Waals surface area contributed by atoms with E-state index in [1.807, 2.05) is 29.2 Å². The summed E-state index contributed by atoms with van der Waals surface area (Å²) in [6.07, 6.45) is 0.887. The number of ether oxygens (including phenoxy) is 1. The Morgan fingerprint density at radius 2 is 2.27 bits per heavy atom. The SMILES string of the molecule is O=C(c1cc2cc(Cl)ccc2[nH]1)N1CCC2(CNCCO2)C1. The molecular formula is C16H18ClN3O2. The van der Waals surface area contributed by atoms with Gasteiger partial charge in [-0.2, -0.15) is 0 Å². The smallest absolute Gasteiger partial charge is 0.270 e. The van der Waals surface area contributed by atoms with Crippen LogP contribution in [0.4, 0.5) is 0 Å². The first kappa shape index (κ1) is 14.1. The largest absolute Gasteiger partial charge is 0.370 e. The first-order chi connectivity index (χ1) is 10.7. The minimum absolute atomic E-state index is 0.0263. The van der Waals surface area contributed by atoms with Gasteiger partial charge in [-0.3, -0.25) is 4.79 Å². The monoisotopic (exact) mass is 319 g/mol. The van der Waals surface area contributed by atoms with Crippen molar-refractivity contribution in [1.29, 1.82) is 0 Å². The lowest BCUT2D eigenvalue weighted by Crippen LogP contribution is -2.51. The summed E-state index contributed by atoms with van der Waals surface area (Å²) in [6, 6.07) is 7.45. The highest BCUT2D eigenvalue weighted by Crippen LogP contribution is 2.28. The number of likely N-dealkylation sites (tertiary alicyclic amines) is 1. The Labute approximate surface area is 133 Å². The third kappa shape index (κ3) is 2.39. The summed E-state index contributed by atoms with van der Waals surface area (Å²) < 4.78 is 5.93. The fourth-order valence-corrected chi connectivity index (χ4v) is 3.56. The molecule has 0 aliphatic carbocycles. The van der Waals surface area contributed by atoms with E-state index in [0.717, 1.165) is 37.0 Å². The number of aromatic nitrogens is 1. The van der Waals surface area contributed by atoms with E-state index < -0.39 is 0 Å². The van der Waals surface area contributed by atoms with Gasteiger partial charge in [-0.25, -0.2) is 0 Å². The molecule has 2 aliphatic rings. The fraction of sp³-hybridized carbons (Fsp3) is 0.438. The molecule has 1 amide bonds. The van der Waals surface area contributed by atoms with E-state index in [9.17, 15) is 4.79 Å². The van der Waals surface area contributed by atoms with Crippen LogP contribution in [-0.4, -0.2) is 54.2 Å². The van der Waals surface area contributed by atoms with Gasteiger partial charge in [0.25, 0.3) is 5.91 Å². The number of carbonyl (C=O) groups excluding carboxylic acids is 1. The van der Waals surface area contributed by atoms with Crippen molar-refractivity contribution in [2.75, 3.05) is 32.8 Å². The van der Waals surface area contributed by atoms with E-state index in [1.54, 1.807) is 0 Å². The zero-order valence-electron chi connectivity index (χ0n) is 12.2. The molecule has 6 heteroatoms. The number of rotatable bonds is 1. The van der Waals surface area contributed by atoms with E-state index in [1.165, 1.54) is 0 Å². The Kier molecular flexibility index (Phi) is 3.36. The fourth-order valence-electron chi connectivity index (χ4n) is 3.38. The third-order valence-corrected chi connectivity index (χ3v) is 4.79. The Hall–Kier alpha value is -1.56.